The second-order valence-electron chi connectivity index (χ2n) is 7.63. The Bertz CT molecular complexity index is 509. The molecule has 1 N–H and O–H groups in total. The molecule has 134 valence electrons. The van der Waals surface area contributed by atoms with Crippen LogP contribution in [0, 0.1) is 17.8 Å². The number of unbranched alkanes of at least 4 members (excludes halogenated alkanes) is 1. The van der Waals surface area contributed by atoms with Crippen LogP contribution < -0.4 is 10.1 Å². The number of amides is 1. The van der Waals surface area contributed by atoms with Gasteiger partial charge in [0.05, 0.1) is 6.61 Å². The first-order chi connectivity index (χ1) is 11.5. The molecule has 0 unspecified atom stereocenters. The fourth-order valence-corrected chi connectivity index (χ4v) is 3.66. The minimum Gasteiger partial charge on any atom is -0.494 e. The molecule has 1 aliphatic carbocycles. The summed E-state index contributed by atoms with van der Waals surface area (Å²) in [7, 11) is 0. The average Bonchev–Trinajstić information content (AvgIpc) is 2.55. The van der Waals surface area contributed by atoms with E-state index in [0.29, 0.717) is 23.8 Å². The van der Waals surface area contributed by atoms with Gasteiger partial charge >= 0.3 is 0 Å². The van der Waals surface area contributed by atoms with Crippen molar-refractivity contribution in [3.63, 3.8) is 0 Å². The fourth-order valence-electron chi connectivity index (χ4n) is 3.66. The summed E-state index contributed by atoms with van der Waals surface area (Å²) >= 11 is 0. The summed E-state index contributed by atoms with van der Waals surface area (Å²) in [5, 5.41) is 3.29. The van der Waals surface area contributed by atoms with Gasteiger partial charge in [-0.15, -0.1) is 0 Å². The molecule has 0 aromatic heterocycles. The molecule has 1 aromatic rings. The summed E-state index contributed by atoms with van der Waals surface area (Å²) < 4.78 is 5.66. The molecule has 1 amide bonds. The van der Waals surface area contributed by atoms with Crippen molar-refractivity contribution in [2.45, 2.75) is 65.8 Å². The number of carbonyl (C=O) groups is 1. The van der Waals surface area contributed by atoms with Gasteiger partial charge in [0.25, 0.3) is 5.91 Å². The SMILES string of the molecule is CCCCOc1ccc(C(=O)N[C@@H]2C[C@H](C)CC[C@H]2C(C)C)cc1. The summed E-state index contributed by atoms with van der Waals surface area (Å²) in [5.41, 5.74) is 0.721. The third kappa shape index (κ3) is 5.25. The third-order valence-corrected chi connectivity index (χ3v) is 5.22. The third-order valence-electron chi connectivity index (χ3n) is 5.22. The van der Waals surface area contributed by atoms with E-state index < -0.39 is 0 Å². The summed E-state index contributed by atoms with van der Waals surface area (Å²) in [4.78, 5) is 12.6. The molecule has 0 heterocycles. The number of nitrogens with one attached hydrogen (secondary N) is 1. The quantitative estimate of drug-likeness (QED) is 0.710. The van der Waals surface area contributed by atoms with E-state index in [-0.39, 0.29) is 5.91 Å². The van der Waals surface area contributed by atoms with Crippen LogP contribution in [0.1, 0.15) is 70.2 Å². The Morgan fingerprint density at radius 3 is 2.58 bits per heavy atom. The highest BCUT2D eigenvalue weighted by atomic mass is 16.5. The van der Waals surface area contributed by atoms with Crippen molar-refractivity contribution >= 4 is 5.91 Å². The number of hydrogen-bond donors (Lipinski definition) is 1. The monoisotopic (exact) mass is 331 g/mol. The Balaban J connectivity index is 1.95. The van der Waals surface area contributed by atoms with E-state index >= 15 is 0 Å². The second kappa shape index (κ2) is 9.10. The molecule has 1 aliphatic rings. The van der Waals surface area contributed by atoms with E-state index in [1.54, 1.807) is 0 Å². The summed E-state index contributed by atoms with van der Waals surface area (Å²) in [6, 6.07) is 7.82. The molecule has 1 fully saturated rings. The molecule has 2 rings (SSSR count). The topological polar surface area (TPSA) is 38.3 Å². The van der Waals surface area contributed by atoms with Crippen LogP contribution in [-0.4, -0.2) is 18.6 Å². The molecule has 0 bridgehead atoms. The zero-order valence-corrected chi connectivity index (χ0v) is 15.7. The van der Waals surface area contributed by atoms with Crippen molar-refractivity contribution in [3.8, 4) is 5.75 Å². The number of hydrogen-bond acceptors (Lipinski definition) is 2. The fraction of sp³-hybridized carbons (Fsp3) is 0.667. The molecule has 1 aromatic carbocycles. The molecular weight excluding hydrogens is 298 g/mol. The highest BCUT2D eigenvalue weighted by molar-refractivity contribution is 5.94. The first-order valence-electron chi connectivity index (χ1n) is 9.55. The van der Waals surface area contributed by atoms with Crippen molar-refractivity contribution in [1.82, 2.24) is 5.32 Å². The van der Waals surface area contributed by atoms with Gasteiger partial charge in [-0.2, -0.15) is 0 Å². The van der Waals surface area contributed by atoms with Gasteiger partial charge in [-0.25, -0.2) is 0 Å². The molecule has 0 saturated heterocycles. The zero-order valence-electron chi connectivity index (χ0n) is 15.7. The zero-order chi connectivity index (χ0) is 17.5. The maximum absolute atomic E-state index is 12.6. The first-order valence-corrected chi connectivity index (χ1v) is 9.55. The van der Waals surface area contributed by atoms with Gasteiger partial charge in [-0.1, -0.05) is 40.5 Å². The highest BCUT2D eigenvalue weighted by Gasteiger charge is 2.31. The second-order valence-corrected chi connectivity index (χ2v) is 7.63. The van der Waals surface area contributed by atoms with Gasteiger partial charge in [-0.3, -0.25) is 4.79 Å². The Morgan fingerprint density at radius 1 is 1.25 bits per heavy atom. The lowest BCUT2D eigenvalue weighted by Gasteiger charge is -2.37. The van der Waals surface area contributed by atoms with Crippen LogP contribution >= 0.6 is 0 Å². The van der Waals surface area contributed by atoms with Crippen molar-refractivity contribution < 1.29 is 9.53 Å². The summed E-state index contributed by atoms with van der Waals surface area (Å²) in [6.45, 7) is 9.70. The molecule has 1 saturated carbocycles. The van der Waals surface area contributed by atoms with Crippen molar-refractivity contribution in [1.29, 1.82) is 0 Å². The minimum atomic E-state index is 0.0415. The first kappa shape index (κ1) is 18.8. The Kier molecular flexibility index (Phi) is 7.14. The van der Waals surface area contributed by atoms with Gasteiger partial charge in [-0.05, 0) is 61.3 Å². The molecule has 0 spiro atoms. The van der Waals surface area contributed by atoms with Crippen LogP contribution in [0.25, 0.3) is 0 Å². The van der Waals surface area contributed by atoms with Gasteiger partial charge in [0.1, 0.15) is 5.75 Å². The van der Waals surface area contributed by atoms with Crippen LogP contribution in [0.2, 0.25) is 0 Å². The molecule has 24 heavy (non-hydrogen) atoms. The lowest BCUT2D eigenvalue weighted by atomic mass is 9.74. The standard InChI is InChI=1S/C21H33NO2/c1-5-6-13-24-18-10-8-17(9-11-18)21(23)22-20-14-16(4)7-12-19(20)15(2)3/h8-11,15-16,19-20H,5-7,12-14H2,1-4H3,(H,22,23)/t16-,19+,20-/m1/s1. The van der Waals surface area contributed by atoms with Gasteiger partial charge < -0.3 is 10.1 Å². The molecule has 3 heteroatoms. The Morgan fingerprint density at radius 2 is 1.96 bits per heavy atom. The summed E-state index contributed by atoms with van der Waals surface area (Å²) in [6.07, 6.45) is 5.76. The lowest BCUT2D eigenvalue weighted by Crippen LogP contribution is -2.45. The smallest absolute Gasteiger partial charge is 0.251 e. The largest absolute Gasteiger partial charge is 0.494 e. The van der Waals surface area contributed by atoms with E-state index in [4.69, 9.17) is 4.74 Å². The van der Waals surface area contributed by atoms with E-state index in [1.165, 1.54) is 12.8 Å². The normalized spacial score (nSPS) is 24.0. The van der Waals surface area contributed by atoms with Crippen LogP contribution in [0.5, 0.6) is 5.75 Å². The van der Waals surface area contributed by atoms with Gasteiger partial charge in [0.15, 0.2) is 0 Å². The minimum absolute atomic E-state index is 0.0415. The average molecular weight is 332 g/mol. The molecule has 0 radical (unpaired) electrons. The maximum Gasteiger partial charge on any atom is 0.251 e. The number of ether oxygens (including phenoxy) is 1. The maximum atomic E-state index is 12.6. The number of carbonyl (C=O) groups excluding carboxylic acids is 1. The highest BCUT2D eigenvalue weighted by Crippen LogP contribution is 2.33. The molecule has 0 aliphatic heterocycles. The number of rotatable bonds is 7. The Labute approximate surface area is 147 Å². The van der Waals surface area contributed by atoms with E-state index in [0.717, 1.165) is 37.2 Å². The predicted octanol–water partition coefficient (Wildman–Crippen LogP) is 5.06. The van der Waals surface area contributed by atoms with Crippen LogP contribution in [0.4, 0.5) is 0 Å². The Hall–Kier alpha value is -1.51. The van der Waals surface area contributed by atoms with Crippen molar-refractivity contribution in [2.24, 2.45) is 17.8 Å². The summed E-state index contributed by atoms with van der Waals surface area (Å²) in [5.74, 6) is 2.77. The lowest BCUT2D eigenvalue weighted by molar-refractivity contribution is 0.0868. The molecule has 3 atom stereocenters. The van der Waals surface area contributed by atoms with Crippen molar-refractivity contribution in [3.05, 3.63) is 29.8 Å². The number of benzene rings is 1. The van der Waals surface area contributed by atoms with Crippen LogP contribution in [0.3, 0.4) is 0 Å². The van der Waals surface area contributed by atoms with Crippen LogP contribution in [-0.2, 0) is 0 Å². The van der Waals surface area contributed by atoms with Gasteiger partial charge in [0, 0.05) is 11.6 Å². The van der Waals surface area contributed by atoms with E-state index in [2.05, 4.69) is 33.0 Å². The molecule has 3 nitrogen and oxygen atoms in total. The van der Waals surface area contributed by atoms with Gasteiger partial charge in [0.2, 0.25) is 0 Å². The van der Waals surface area contributed by atoms with Crippen molar-refractivity contribution in [2.75, 3.05) is 6.61 Å². The predicted molar refractivity (Wildman–Crippen MR) is 99.4 cm³/mol. The van der Waals surface area contributed by atoms with Crippen LogP contribution in [0.15, 0.2) is 24.3 Å². The molecular formula is C21H33NO2. The van der Waals surface area contributed by atoms with E-state index in [9.17, 15) is 4.79 Å². The van der Waals surface area contributed by atoms with E-state index in [1.807, 2.05) is 24.3 Å².